The summed E-state index contributed by atoms with van der Waals surface area (Å²) in [4.78, 5) is 2.42. The summed E-state index contributed by atoms with van der Waals surface area (Å²) in [5, 5.41) is 0.841. The Labute approximate surface area is 109 Å². The summed E-state index contributed by atoms with van der Waals surface area (Å²) >= 11 is 6.33. The van der Waals surface area contributed by atoms with Crippen LogP contribution in [0.2, 0.25) is 5.02 Å². The van der Waals surface area contributed by atoms with Crippen LogP contribution < -0.4 is 10.6 Å². The third-order valence-corrected chi connectivity index (χ3v) is 3.53. The van der Waals surface area contributed by atoms with Crippen LogP contribution in [0.4, 0.5) is 5.69 Å². The van der Waals surface area contributed by atoms with E-state index in [9.17, 15) is 0 Å². The van der Waals surface area contributed by atoms with Crippen LogP contribution in [0.3, 0.4) is 0 Å². The van der Waals surface area contributed by atoms with Crippen LogP contribution >= 0.6 is 11.6 Å². The molecule has 0 saturated carbocycles. The Hall–Kier alpha value is -0.730. The van der Waals surface area contributed by atoms with Gasteiger partial charge < -0.3 is 10.6 Å². The minimum absolute atomic E-state index is 0.223. The standard InChI is InChI=1S/C14H21ClN2/c1-14(2,16)10-11-12(15)6-5-7-13(11)17-8-3-4-9-17/h5-7H,3-4,8-10,16H2,1-2H3. The zero-order chi connectivity index (χ0) is 12.5. The molecule has 1 aromatic rings. The van der Waals surface area contributed by atoms with Crippen molar-refractivity contribution in [1.29, 1.82) is 0 Å². The van der Waals surface area contributed by atoms with E-state index in [0.717, 1.165) is 24.5 Å². The van der Waals surface area contributed by atoms with Crippen molar-refractivity contribution in [2.45, 2.75) is 38.6 Å². The number of benzene rings is 1. The first kappa shape index (κ1) is 12.7. The first-order valence-electron chi connectivity index (χ1n) is 6.28. The molecule has 0 unspecified atom stereocenters. The predicted octanol–water partition coefficient (Wildman–Crippen LogP) is 3.22. The third kappa shape index (κ3) is 3.14. The maximum absolute atomic E-state index is 6.33. The summed E-state index contributed by atoms with van der Waals surface area (Å²) in [6.45, 7) is 6.37. The number of rotatable bonds is 3. The van der Waals surface area contributed by atoms with Gasteiger partial charge in [0.25, 0.3) is 0 Å². The van der Waals surface area contributed by atoms with Crippen molar-refractivity contribution in [2.24, 2.45) is 5.73 Å². The molecule has 3 heteroatoms. The third-order valence-electron chi connectivity index (χ3n) is 3.17. The minimum Gasteiger partial charge on any atom is -0.371 e. The monoisotopic (exact) mass is 252 g/mol. The summed E-state index contributed by atoms with van der Waals surface area (Å²) in [5.41, 5.74) is 8.37. The second-order valence-corrected chi connectivity index (χ2v) is 6.00. The zero-order valence-electron chi connectivity index (χ0n) is 10.7. The lowest BCUT2D eigenvalue weighted by molar-refractivity contribution is 0.516. The second-order valence-electron chi connectivity index (χ2n) is 5.60. The Morgan fingerprint density at radius 1 is 1.29 bits per heavy atom. The molecule has 0 amide bonds. The fraction of sp³-hybridized carbons (Fsp3) is 0.571. The number of hydrogen-bond acceptors (Lipinski definition) is 2. The number of anilines is 1. The van der Waals surface area contributed by atoms with Crippen molar-refractivity contribution < 1.29 is 0 Å². The largest absolute Gasteiger partial charge is 0.371 e. The fourth-order valence-electron chi connectivity index (χ4n) is 2.43. The van der Waals surface area contributed by atoms with Crippen molar-refractivity contribution in [2.75, 3.05) is 18.0 Å². The highest BCUT2D eigenvalue weighted by atomic mass is 35.5. The molecule has 17 heavy (non-hydrogen) atoms. The quantitative estimate of drug-likeness (QED) is 0.895. The molecule has 0 radical (unpaired) electrons. The topological polar surface area (TPSA) is 29.3 Å². The van der Waals surface area contributed by atoms with Crippen LogP contribution in [0.15, 0.2) is 18.2 Å². The molecule has 1 aliphatic rings. The smallest absolute Gasteiger partial charge is 0.0459 e. The van der Waals surface area contributed by atoms with E-state index in [0.29, 0.717) is 0 Å². The Morgan fingerprint density at radius 3 is 2.53 bits per heavy atom. The first-order valence-corrected chi connectivity index (χ1v) is 6.66. The van der Waals surface area contributed by atoms with E-state index in [1.165, 1.54) is 24.1 Å². The zero-order valence-corrected chi connectivity index (χ0v) is 11.4. The lowest BCUT2D eigenvalue weighted by Gasteiger charge is -2.26. The summed E-state index contributed by atoms with van der Waals surface area (Å²) in [7, 11) is 0. The maximum Gasteiger partial charge on any atom is 0.0459 e. The molecule has 1 aromatic carbocycles. The minimum atomic E-state index is -0.223. The van der Waals surface area contributed by atoms with E-state index >= 15 is 0 Å². The molecule has 0 aromatic heterocycles. The highest BCUT2D eigenvalue weighted by Crippen LogP contribution is 2.32. The van der Waals surface area contributed by atoms with Gasteiger partial charge in [-0.1, -0.05) is 17.7 Å². The average molecular weight is 253 g/mol. The molecule has 1 saturated heterocycles. The van der Waals surface area contributed by atoms with Crippen LogP contribution in [0.1, 0.15) is 32.3 Å². The molecule has 2 nitrogen and oxygen atoms in total. The van der Waals surface area contributed by atoms with Gasteiger partial charge in [0.1, 0.15) is 0 Å². The van der Waals surface area contributed by atoms with E-state index in [-0.39, 0.29) is 5.54 Å². The summed E-state index contributed by atoms with van der Waals surface area (Å²) in [6, 6.07) is 6.16. The van der Waals surface area contributed by atoms with Gasteiger partial charge in [-0.3, -0.25) is 0 Å². The predicted molar refractivity (Wildman–Crippen MR) is 74.9 cm³/mol. The molecule has 94 valence electrons. The summed E-state index contributed by atoms with van der Waals surface area (Å²) in [6.07, 6.45) is 3.37. The summed E-state index contributed by atoms with van der Waals surface area (Å²) in [5.74, 6) is 0. The highest BCUT2D eigenvalue weighted by Gasteiger charge is 2.21. The Balaban J connectivity index is 2.33. The molecule has 2 rings (SSSR count). The maximum atomic E-state index is 6.33. The molecule has 2 N–H and O–H groups in total. The van der Waals surface area contributed by atoms with Crippen molar-refractivity contribution in [1.82, 2.24) is 0 Å². The molecule has 0 aliphatic carbocycles. The molecule has 0 spiro atoms. The van der Waals surface area contributed by atoms with Crippen molar-refractivity contribution >= 4 is 17.3 Å². The van der Waals surface area contributed by atoms with Gasteiger partial charge in [0, 0.05) is 29.3 Å². The molecular formula is C14H21ClN2. The Morgan fingerprint density at radius 2 is 1.94 bits per heavy atom. The molecular weight excluding hydrogens is 232 g/mol. The number of hydrogen-bond donors (Lipinski definition) is 1. The lowest BCUT2D eigenvalue weighted by Crippen LogP contribution is -2.35. The van der Waals surface area contributed by atoms with Gasteiger partial charge >= 0.3 is 0 Å². The van der Waals surface area contributed by atoms with Crippen LogP contribution in [-0.4, -0.2) is 18.6 Å². The molecule has 1 aliphatic heterocycles. The van der Waals surface area contributed by atoms with E-state index in [4.69, 9.17) is 17.3 Å². The second kappa shape index (κ2) is 4.87. The average Bonchev–Trinajstić information content (AvgIpc) is 2.72. The van der Waals surface area contributed by atoms with Crippen LogP contribution in [0.5, 0.6) is 0 Å². The van der Waals surface area contributed by atoms with Gasteiger partial charge in [0.2, 0.25) is 0 Å². The van der Waals surface area contributed by atoms with E-state index < -0.39 is 0 Å². The van der Waals surface area contributed by atoms with Crippen LogP contribution in [0.25, 0.3) is 0 Å². The number of nitrogens with two attached hydrogens (primary N) is 1. The first-order chi connectivity index (χ1) is 7.97. The van der Waals surface area contributed by atoms with Crippen molar-refractivity contribution in [3.63, 3.8) is 0 Å². The molecule has 1 heterocycles. The molecule has 0 bridgehead atoms. The van der Waals surface area contributed by atoms with E-state index in [1.807, 2.05) is 26.0 Å². The van der Waals surface area contributed by atoms with Crippen molar-refractivity contribution in [3.05, 3.63) is 28.8 Å². The fourth-order valence-corrected chi connectivity index (χ4v) is 2.67. The highest BCUT2D eigenvalue weighted by molar-refractivity contribution is 6.31. The SMILES string of the molecule is CC(C)(N)Cc1c(Cl)cccc1N1CCCC1. The van der Waals surface area contributed by atoms with Gasteiger partial charge in [-0.25, -0.2) is 0 Å². The molecule has 1 fully saturated rings. The van der Waals surface area contributed by atoms with Gasteiger partial charge in [-0.2, -0.15) is 0 Å². The lowest BCUT2D eigenvalue weighted by atomic mass is 9.94. The van der Waals surface area contributed by atoms with Crippen LogP contribution in [0, 0.1) is 0 Å². The van der Waals surface area contributed by atoms with Gasteiger partial charge in [0.05, 0.1) is 0 Å². The Kier molecular flexibility index (Phi) is 3.64. The van der Waals surface area contributed by atoms with E-state index in [1.54, 1.807) is 0 Å². The molecule has 0 atom stereocenters. The summed E-state index contributed by atoms with van der Waals surface area (Å²) < 4.78 is 0. The van der Waals surface area contributed by atoms with Gasteiger partial charge in [-0.15, -0.1) is 0 Å². The van der Waals surface area contributed by atoms with Gasteiger partial charge in [-0.05, 0) is 50.8 Å². The normalized spacial score (nSPS) is 16.6. The number of halogens is 1. The van der Waals surface area contributed by atoms with E-state index in [2.05, 4.69) is 11.0 Å². The van der Waals surface area contributed by atoms with Crippen molar-refractivity contribution in [3.8, 4) is 0 Å². The number of nitrogens with zero attached hydrogens (tertiary/aromatic N) is 1. The Bertz CT molecular complexity index is 390. The van der Waals surface area contributed by atoms with Crippen LogP contribution in [-0.2, 0) is 6.42 Å². The van der Waals surface area contributed by atoms with Gasteiger partial charge in [0.15, 0.2) is 0 Å².